The normalized spacial score (nSPS) is 29.0. The Bertz CT molecular complexity index is 920. The standard InChI is InChI=1S/C23H34N2O9S.Na/c1-10-16-15(11(2)26)19(27)25(16)17(20(28)29)18(10)35-14-7-8-32-13(14)9-24-22(31)34-12(3)33-21(30)23(4,5)6;/h10-16,26H,7-9H2,1-6H3,(H,24,31)(H,28,29);/q;+1/p-1/t10-,11-,12?,13-,14-,15-,16-;/m1./s1. The Morgan fingerprint density at radius 3 is 2.47 bits per heavy atom. The van der Waals surface area contributed by atoms with Crippen LogP contribution in [0.25, 0.3) is 0 Å². The van der Waals surface area contributed by atoms with Gasteiger partial charge in [0.25, 0.3) is 0 Å². The van der Waals surface area contributed by atoms with Crippen LogP contribution in [0.5, 0.6) is 0 Å². The SMILES string of the molecule is CC(OC(=O)NC[C@H]1OCC[C@H]1SC1=C(C(=O)[O-])N2C(=O)[C@H]([C@@H](C)O)[C@H]2[C@H]1C)OC(=O)C(C)(C)C.[Na+]. The second-order valence-electron chi connectivity index (χ2n) is 10.1. The summed E-state index contributed by atoms with van der Waals surface area (Å²) in [6.07, 6.45) is -2.56. The summed E-state index contributed by atoms with van der Waals surface area (Å²) in [7, 11) is 0. The first-order valence-electron chi connectivity index (χ1n) is 11.6. The molecule has 3 aliphatic rings. The van der Waals surface area contributed by atoms with Crippen LogP contribution in [0.15, 0.2) is 10.6 Å². The average Bonchev–Trinajstić information content (AvgIpc) is 3.26. The summed E-state index contributed by atoms with van der Waals surface area (Å²) in [6.45, 7) is 10.4. The van der Waals surface area contributed by atoms with Gasteiger partial charge in [-0.25, -0.2) is 4.79 Å². The van der Waals surface area contributed by atoms with Crippen LogP contribution >= 0.6 is 11.8 Å². The van der Waals surface area contributed by atoms with Gasteiger partial charge in [0, 0.05) is 36.1 Å². The number of amides is 2. The maximum atomic E-state index is 12.5. The van der Waals surface area contributed by atoms with Crippen LogP contribution in [0.2, 0.25) is 0 Å². The number of nitrogens with one attached hydrogen (secondary N) is 1. The van der Waals surface area contributed by atoms with E-state index in [0.29, 0.717) is 17.9 Å². The first-order chi connectivity index (χ1) is 16.2. The van der Waals surface area contributed by atoms with Gasteiger partial charge in [-0.1, -0.05) is 6.92 Å². The number of alkyl carbamates (subject to hydrolysis) is 1. The predicted molar refractivity (Wildman–Crippen MR) is 122 cm³/mol. The summed E-state index contributed by atoms with van der Waals surface area (Å²) in [5.74, 6) is -3.30. The molecule has 0 saturated carbocycles. The van der Waals surface area contributed by atoms with E-state index >= 15 is 0 Å². The number of aliphatic hydroxyl groups is 1. The monoisotopic (exact) mass is 536 g/mol. The molecule has 0 aromatic heterocycles. The number of aliphatic carboxylic acids is 1. The predicted octanol–water partition coefficient (Wildman–Crippen LogP) is -2.64. The van der Waals surface area contributed by atoms with E-state index < -0.39 is 59.8 Å². The van der Waals surface area contributed by atoms with Crippen molar-refractivity contribution in [2.45, 2.75) is 77.8 Å². The van der Waals surface area contributed by atoms with Crippen LogP contribution in [0.3, 0.4) is 0 Å². The molecule has 2 saturated heterocycles. The average molecular weight is 537 g/mol. The van der Waals surface area contributed by atoms with E-state index in [4.69, 9.17) is 14.2 Å². The van der Waals surface area contributed by atoms with Gasteiger partial charge in [0.05, 0.1) is 41.2 Å². The van der Waals surface area contributed by atoms with Crippen LogP contribution in [-0.4, -0.2) is 76.9 Å². The van der Waals surface area contributed by atoms with E-state index in [-0.39, 0.29) is 53.0 Å². The van der Waals surface area contributed by atoms with Crippen molar-refractivity contribution in [2.75, 3.05) is 13.2 Å². The van der Waals surface area contributed by atoms with Crippen molar-refractivity contribution in [3.63, 3.8) is 0 Å². The Hall–Kier alpha value is -1.31. The smallest absolute Gasteiger partial charge is 0.543 e. The summed E-state index contributed by atoms with van der Waals surface area (Å²) in [6, 6.07) is -0.427. The fourth-order valence-electron chi connectivity index (χ4n) is 4.51. The number of aliphatic hydroxyl groups excluding tert-OH is 1. The maximum Gasteiger partial charge on any atom is 1.00 e. The van der Waals surface area contributed by atoms with Gasteiger partial charge in [0.2, 0.25) is 12.2 Å². The molecule has 0 aromatic rings. The number of carboxylic acids is 1. The number of hydrogen-bond donors (Lipinski definition) is 2. The fourth-order valence-corrected chi connectivity index (χ4v) is 6.03. The zero-order chi connectivity index (χ0) is 26.2. The minimum absolute atomic E-state index is 0. The summed E-state index contributed by atoms with van der Waals surface area (Å²) in [5, 5.41) is 24.3. The molecular weight excluding hydrogens is 503 g/mol. The van der Waals surface area contributed by atoms with Crippen LogP contribution in [0, 0.1) is 17.3 Å². The quantitative estimate of drug-likeness (QED) is 0.146. The van der Waals surface area contributed by atoms with E-state index in [1.54, 1.807) is 20.8 Å². The number of nitrogens with zero attached hydrogens (tertiary/aromatic N) is 1. The number of thioether (sulfide) groups is 1. The molecular formula is C23H33N2NaO9S. The number of rotatable bonds is 8. The second kappa shape index (κ2) is 12.0. The third kappa shape index (κ3) is 6.39. The molecule has 2 N–H and O–H groups in total. The number of carbonyl (C=O) groups excluding carboxylic acids is 4. The fraction of sp³-hybridized carbons (Fsp3) is 0.739. The zero-order valence-corrected chi connectivity index (χ0v) is 24.5. The van der Waals surface area contributed by atoms with Gasteiger partial charge < -0.3 is 39.4 Å². The van der Waals surface area contributed by atoms with Crippen molar-refractivity contribution in [1.29, 1.82) is 0 Å². The minimum atomic E-state index is -1.43. The van der Waals surface area contributed by atoms with Gasteiger partial charge in [-0.2, -0.15) is 0 Å². The molecule has 196 valence electrons. The Morgan fingerprint density at radius 1 is 1.28 bits per heavy atom. The Balaban J connectivity index is 0.00000456. The van der Waals surface area contributed by atoms with E-state index in [1.807, 2.05) is 6.92 Å². The van der Waals surface area contributed by atoms with E-state index in [1.165, 1.54) is 30.5 Å². The number of ether oxygens (including phenoxy) is 3. The molecule has 0 radical (unpaired) electrons. The van der Waals surface area contributed by atoms with Crippen LogP contribution in [-0.2, 0) is 28.6 Å². The molecule has 0 bridgehead atoms. The molecule has 0 aliphatic carbocycles. The molecule has 2 amide bonds. The Labute approximate surface area is 236 Å². The van der Waals surface area contributed by atoms with Crippen LogP contribution < -0.4 is 40.0 Å². The van der Waals surface area contributed by atoms with Crippen molar-refractivity contribution in [3.05, 3.63) is 10.6 Å². The zero-order valence-electron chi connectivity index (χ0n) is 21.7. The van der Waals surface area contributed by atoms with Crippen LogP contribution in [0.1, 0.15) is 48.0 Å². The number of β-lactam (4-membered cyclic amide) rings is 1. The van der Waals surface area contributed by atoms with E-state index in [9.17, 15) is 29.4 Å². The minimum Gasteiger partial charge on any atom is -0.543 e. The van der Waals surface area contributed by atoms with Crippen molar-refractivity contribution in [2.24, 2.45) is 17.3 Å². The molecule has 11 nitrogen and oxygen atoms in total. The largest absolute Gasteiger partial charge is 1.00 e. The summed E-state index contributed by atoms with van der Waals surface area (Å²) < 4.78 is 15.9. The number of carbonyl (C=O) groups is 4. The summed E-state index contributed by atoms with van der Waals surface area (Å²) >= 11 is 1.30. The first-order valence-corrected chi connectivity index (χ1v) is 12.5. The topological polar surface area (TPSA) is 155 Å². The molecule has 1 unspecified atom stereocenters. The molecule has 2 fully saturated rings. The van der Waals surface area contributed by atoms with Crippen molar-refractivity contribution in [3.8, 4) is 0 Å². The van der Waals surface area contributed by atoms with E-state index in [2.05, 4.69) is 5.32 Å². The van der Waals surface area contributed by atoms with Crippen molar-refractivity contribution in [1.82, 2.24) is 10.2 Å². The Morgan fingerprint density at radius 2 is 1.92 bits per heavy atom. The van der Waals surface area contributed by atoms with Gasteiger partial charge in [0.1, 0.15) is 0 Å². The third-order valence-corrected chi connectivity index (χ3v) is 8.00. The van der Waals surface area contributed by atoms with Gasteiger partial charge in [0.15, 0.2) is 0 Å². The third-order valence-electron chi connectivity index (χ3n) is 6.34. The van der Waals surface area contributed by atoms with Gasteiger partial charge in [-0.05, 0) is 34.1 Å². The summed E-state index contributed by atoms with van der Waals surface area (Å²) in [4.78, 5) is 50.2. The molecule has 0 aromatic carbocycles. The Kier molecular flexibility index (Phi) is 10.3. The number of fused-ring (bicyclic) bond motifs is 1. The van der Waals surface area contributed by atoms with Gasteiger partial charge >= 0.3 is 41.6 Å². The van der Waals surface area contributed by atoms with Gasteiger partial charge in [-0.3, -0.25) is 9.59 Å². The number of esters is 1. The van der Waals surface area contributed by atoms with Crippen LogP contribution in [0.4, 0.5) is 4.79 Å². The van der Waals surface area contributed by atoms with Crippen molar-refractivity contribution < 1.29 is 73.2 Å². The molecule has 36 heavy (non-hydrogen) atoms. The van der Waals surface area contributed by atoms with Gasteiger partial charge in [-0.15, -0.1) is 11.8 Å². The molecule has 3 aliphatic heterocycles. The molecule has 0 spiro atoms. The molecule has 7 atom stereocenters. The molecule has 13 heteroatoms. The second-order valence-corrected chi connectivity index (χ2v) is 11.4. The first kappa shape index (κ1) is 30.9. The molecule has 3 heterocycles. The van der Waals surface area contributed by atoms with E-state index in [0.717, 1.165) is 0 Å². The number of hydrogen-bond acceptors (Lipinski definition) is 10. The van der Waals surface area contributed by atoms with Crippen molar-refractivity contribution >= 4 is 35.7 Å². The maximum absolute atomic E-state index is 12.5. The molecule has 3 rings (SSSR count). The number of carboxylic acid groups (broad SMARTS) is 1. The summed E-state index contributed by atoms with van der Waals surface area (Å²) in [5.41, 5.74) is -0.885.